The van der Waals surface area contributed by atoms with Gasteiger partial charge in [-0.05, 0) is 18.6 Å². The Balaban J connectivity index is 3.22. The van der Waals surface area contributed by atoms with E-state index in [1.54, 1.807) is 6.92 Å². The van der Waals surface area contributed by atoms with Gasteiger partial charge < -0.3 is 10.6 Å². The lowest BCUT2D eigenvalue weighted by molar-refractivity contribution is -0.128. The third-order valence-corrected chi connectivity index (χ3v) is 4.82. The minimum Gasteiger partial charge on any atom is -0.395 e. The summed E-state index contributed by atoms with van der Waals surface area (Å²) in [7, 11) is -0.949. The normalized spacial score (nSPS) is 11.7. The number of amides is 1. The van der Waals surface area contributed by atoms with Gasteiger partial charge in [0.1, 0.15) is 10.7 Å². The molecule has 0 heterocycles. The van der Waals surface area contributed by atoms with Crippen molar-refractivity contribution >= 4 is 21.6 Å². The van der Waals surface area contributed by atoms with Gasteiger partial charge in [0.25, 0.3) is 0 Å². The number of rotatable bonds is 6. The van der Waals surface area contributed by atoms with Crippen molar-refractivity contribution in [1.29, 1.82) is 0 Å². The Bertz CT molecular complexity index is 617. The smallest absolute Gasteiger partial charge is 0.245 e. The standard InChI is InChI=1S/C13H20FN3O3S/c1-4-8-17(9-12(18)16(2)3)21(19,20)11-7-5-6-10(14)13(11)15/h5-7H,4,8-9,15H2,1-3H3. The lowest BCUT2D eigenvalue weighted by Crippen LogP contribution is -2.40. The molecule has 0 bridgehead atoms. The Morgan fingerprint density at radius 2 is 1.95 bits per heavy atom. The van der Waals surface area contributed by atoms with Crippen LogP contribution in [0.1, 0.15) is 13.3 Å². The maximum Gasteiger partial charge on any atom is 0.245 e. The van der Waals surface area contributed by atoms with Crippen LogP contribution in [0.4, 0.5) is 10.1 Å². The summed E-state index contributed by atoms with van der Waals surface area (Å²) in [5.41, 5.74) is 5.08. The molecule has 0 saturated carbocycles. The molecule has 0 saturated heterocycles. The molecule has 118 valence electrons. The molecule has 1 amide bonds. The first kappa shape index (κ1) is 17.4. The van der Waals surface area contributed by atoms with Crippen molar-refractivity contribution in [3.63, 3.8) is 0 Å². The highest BCUT2D eigenvalue weighted by molar-refractivity contribution is 7.89. The number of carbonyl (C=O) groups excluding carboxylic acids is 1. The SMILES string of the molecule is CCCN(CC(=O)N(C)C)S(=O)(=O)c1cccc(F)c1N. The van der Waals surface area contributed by atoms with Crippen molar-refractivity contribution in [2.45, 2.75) is 18.2 Å². The summed E-state index contributed by atoms with van der Waals surface area (Å²) in [6.45, 7) is 1.63. The van der Waals surface area contributed by atoms with Crippen LogP contribution in [-0.4, -0.2) is 50.7 Å². The van der Waals surface area contributed by atoms with E-state index in [0.29, 0.717) is 6.42 Å². The number of hydrogen-bond donors (Lipinski definition) is 1. The number of carbonyl (C=O) groups is 1. The largest absolute Gasteiger partial charge is 0.395 e. The highest BCUT2D eigenvalue weighted by Gasteiger charge is 2.29. The van der Waals surface area contributed by atoms with Crippen molar-refractivity contribution in [2.24, 2.45) is 0 Å². The maximum atomic E-state index is 13.5. The van der Waals surface area contributed by atoms with Crippen LogP contribution < -0.4 is 5.73 Å². The Kier molecular flexibility index (Phi) is 5.68. The van der Waals surface area contributed by atoms with Crippen LogP contribution in [0, 0.1) is 5.82 Å². The topological polar surface area (TPSA) is 83.7 Å². The molecule has 21 heavy (non-hydrogen) atoms. The zero-order valence-electron chi connectivity index (χ0n) is 12.3. The average Bonchev–Trinajstić information content (AvgIpc) is 2.40. The van der Waals surface area contributed by atoms with Crippen molar-refractivity contribution in [1.82, 2.24) is 9.21 Å². The van der Waals surface area contributed by atoms with Gasteiger partial charge in [0.05, 0.1) is 12.2 Å². The van der Waals surface area contributed by atoms with E-state index >= 15 is 0 Å². The molecule has 0 aliphatic carbocycles. The highest BCUT2D eigenvalue weighted by Crippen LogP contribution is 2.24. The Morgan fingerprint density at radius 1 is 1.33 bits per heavy atom. The van der Waals surface area contributed by atoms with Gasteiger partial charge in [0.15, 0.2) is 0 Å². The number of hydrogen-bond acceptors (Lipinski definition) is 4. The van der Waals surface area contributed by atoms with E-state index in [0.717, 1.165) is 10.4 Å². The minimum atomic E-state index is -4.02. The van der Waals surface area contributed by atoms with Gasteiger partial charge in [-0.3, -0.25) is 4.79 Å². The fourth-order valence-electron chi connectivity index (χ4n) is 1.71. The van der Waals surface area contributed by atoms with E-state index in [4.69, 9.17) is 5.73 Å². The third kappa shape index (κ3) is 3.92. The highest BCUT2D eigenvalue weighted by atomic mass is 32.2. The molecule has 0 radical (unpaired) electrons. The first-order valence-electron chi connectivity index (χ1n) is 6.46. The first-order valence-corrected chi connectivity index (χ1v) is 7.90. The summed E-state index contributed by atoms with van der Waals surface area (Å²) in [5, 5.41) is 0. The molecule has 0 unspecified atom stereocenters. The second kappa shape index (κ2) is 6.86. The molecule has 1 aromatic rings. The summed E-state index contributed by atoms with van der Waals surface area (Å²) in [6.07, 6.45) is 0.523. The molecule has 0 spiro atoms. The summed E-state index contributed by atoms with van der Waals surface area (Å²) in [6, 6.07) is 3.59. The van der Waals surface area contributed by atoms with E-state index in [2.05, 4.69) is 0 Å². The Morgan fingerprint density at radius 3 is 2.48 bits per heavy atom. The molecule has 8 heteroatoms. The van der Waals surface area contributed by atoms with Crippen molar-refractivity contribution in [2.75, 3.05) is 32.9 Å². The quantitative estimate of drug-likeness (QED) is 0.790. The number of halogens is 1. The van der Waals surface area contributed by atoms with Crippen LogP contribution in [0.5, 0.6) is 0 Å². The molecule has 0 aromatic heterocycles. The monoisotopic (exact) mass is 317 g/mol. The number of nitrogens with zero attached hydrogens (tertiary/aromatic N) is 2. The van der Waals surface area contributed by atoms with Gasteiger partial charge in [0, 0.05) is 20.6 Å². The Labute approximate surface area is 124 Å². The van der Waals surface area contributed by atoms with E-state index in [1.807, 2.05) is 0 Å². The van der Waals surface area contributed by atoms with Crippen molar-refractivity contribution in [3.8, 4) is 0 Å². The average molecular weight is 317 g/mol. The van der Waals surface area contributed by atoms with Crippen LogP contribution in [0.25, 0.3) is 0 Å². The molecule has 0 fully saturated rings. The lowest BCUT2D eigenvalue weighted by atomic mass is 10.3. The molecule has 1 rings (SSSR count). The lowest BCUT2D eigenvalue weighted by Gasteiger charge is -2.23. The molecule has 6 nitrogen and oxygen atoms in total. The van der Waals surface area contributed by atoms with Crippen LogP contribution >= 0.6 is 0 Å². The second-order valence-corrected chi connectivity index (χ2v) is 6.68. The van der Waals surface area contributed by atoms with Gasteiger partial charge in [-0.25, -0.2) is 12.8 Å². The van der Waals surface area contributed by atoms with E-state index in [1.165, 1.54) is 31.1 Å². The van der Waals surface area contributed by atoms with E-state index in [9.17, 15) is 17.6 Å². The van der Waals surface area contributed by atoms with Gasteiger partial charge in [-0.2, -0.15) is 4.31 Å². The van der Waals surface area contributed by atoms with Crippen LogP contribution in [0.3, 0.4) is 0 Å². The summed E-state index contributed by atoms with van der Waals surface area (Å²) in [5.74, 6) is -1.16. The van der Waals surface area contributed by atoms with Gasteiger partial charge in [-0.1, -0.05) is 13.0 Å². The summed E-state index contributed by atoms with van der Waals surface area (Å²) in [4.78, 5) is 12.8. The van der Waals surface area contributed by atoms with E-state index in [-0.39, 0.29) is 23.9 Å². The molecule has 2 N–H and O–H groups in total. The number of nitrogens with two attached hydrogens (primary N) is 1. The fraction of sp³-hybridized carbons (Fsp3) is 0.462. The molecule has 0 aliphatic heterocycles. The van der Waals surface area contributed by atoms with Crippen LogP contribution in [0.15, 0.2) is 23.1 Å². The second-order valence-electron chi connectivity index (χ2n) is 4.78. The number of anilines is 1. The minimum absolute atomic E-state index is 0.151. The van der Waals surface area contributed by atoms with Crippen LogP contribution in [-0.2, 0) is 14.8 Å². The number of benzene rings is 1. The molecule has 1 aromatic carbocycles. The maximum absolute atomic E-state index is 13.5. The number of likely N-dealkylation sites (N-methyl/N-ethyl adjacent to an activating group) is 1. The zero-order valence-corrected chi connectivity index (χ0v) is 13.2. The third-order valence-electron chi connectivity index (χ3n) is 2.91. The fourth-order valence-corrected chi connectivity index (χ4v) is 3.31. The molecular formula is C13H20FN3O3S. The van der Waals surface area contributed by atoms with Crippen molar-refractivity contribution < 1.29 is 17.6 Å². The van der Waals surface area contributed by atoms with Gasteiger partial charge in [0.2, 0.25) is 15.9 Å². The van der Waals surface area contributed by atoms with Gasteiger partial charge >= 0.3 is 0 Å². The zero-order chi connectivity index (χ0) is 16.2. The molecule has 0 atom stereocenters. The first-order chi connectivity index (χ1) is 9.71. The number of para-hydroxylation sites is 1. The van der Waals surface area contributed by atoms with Crippen molar-refractivity contribution in [3.05, 3.63) is 24.0 Å². The summed E-state index contributed by atoms with van der Waals surface area (Å²) >= 11 is 0. The predicted octanol–water partition coefficient (Wildman–Crippen LogP) is 0.897. The van der Waals surface area contributed by atoms with Crippen LogP contribution in [0.2, 0.25) is 0 Å². The molecule has 0 aliphatic rings. The number of nitrogen functional groups attached to an aromatic ring is 1. The summed E-state index contributed by atoms with van der Waals surface area (Å²) < 4.78 is 39.6. The van der Waals surface area contributed by atoms with E-state index < -0.39 is 21.5 Å². The molecular weight excluding hydrogens is 297 g/mol. The Hall–Kier alpha value is -1.67. The van der Waals surface area contributed by atoms with Gasteiger partial charge in [-0.15, -0.1) is 0 Å². The predicted molar refractivity (Wildman–Crippen MR) is 78.6 cm³/mol. The number of sulfonamides is 1.